The van der Waals surface area contributed by atoms with Crippen molar-refractivity contribution < 1.29 is 26.3 Å². The Hall–Kier alpha value is -3.71. The van der Waals surface area contributed by atoms with Gasteiger partial charge >= 0.3 is 12.4 Å². The predicted molar refractivity (Wildman–Crippen MR) is 84.1 cm³/mol. The van der Waals surface area contributed by atoms with Crippen molar-refractivity contribution in [3.05, 3.63) is 63.4 Å². The van der Waals surface area contributed by atoms with E-state index in [2.05, 4.69) is 5.32 Å². The fourth-order valence-corrected chi connectivity index (χ4v) is 2.45. The second-order valence-electron chi connectivity index (χ2n) is 5.62. The molecular weight excluding hydrogens is 386 g/mol. The Morgan fingerprint density at radius 3 is 1.79 bits per heavy atom. The highest BCUT2D eigenvalue weighted by molar-refractivity contribution is 5.76. The number of benzene rings is 1. The van der Waals surface area contributed by atoms with E-state index in [0.717, 1.165) is 0 Å². The van der Waals surface area contributed by atoms with Crippen molar-refractivity contribution in [2.24, 2.45) is 0 Å². The standard InChI is InChI=1S/C18H8F6N4/c1-9-2-15(28-16(14(9)8-27)11(6-25)7-26)10-3-12(17(19,20)21)5-13(4-10)18(22,23)24/h2-5,28H,1H3. The van der Waals surface area contributed by atoms with E-state index in [1.165, 1.54) is 25.1 Å². The van der Waals surface area contributed by atoms with Gasteiger partial charge in [-0.3, -0.25) is 0 Å². The molecule has 0 fully saturated rings. The molecule has 1 aromatic rings. The topological polar surface area (TPSA) is 83.4 Å². The minimum absolute atomic E-state index is 0.0109. The average Bonchev–Trinajstić information content (AvgIpc) is 2.60. The molecule has 1 aliphatic heterocycles. The third-order valence-corrected chi connectivity index (χ3v) is 3.75. The molecule has 0 atom stereocenters. The number of allylic oxidation sites excluding steroid dienone is 4. The van der Waals surface area contributed by atoms with E-state index >= 15 is 0 Å². The molecule has 2 rings (SSSR count). The number of nitrogens with zero attached hydrogens (tertiary/aromatic N) is 3. The van der Waals surface area contributed by atoms with Crippen molar-refractivity contribution in [2.75, 3.05) is 0 Å². The number of nitriles is 3. The summed E-state index contributed by atoms with van der Waals surface area (Å²) in [4.78, 5) is 0. The molecule has 142 valence electrons. The van der Waals surface area contributed by atoms with E-state index in [9.17, 15) is 31.6 Å². The van der Waals surface area contributed by atoms with Gasteiger partial charge in [0.05, 0.1) is 22.4 Å². The van der Waals surface area contributed by atoms with Gasteiger partial charge in [0, 0.05) is 5.70 Å². The first-order valence-electron chi connectivity index (χ1n) is 7.36. The van der Waals surface area contributed by atoms with Gasteiger partial charge in [-0.2, -0.15) is 42.1 Å². The van der Waals surface area contributed by atoms with Crippen molar-refractivity contribution >= 4 is 5.70 Å². The van der Waals surface area contributed by atoms with Gasteiger partial charge in [-0.05, 0) is 42.3 Å². The molecule has 4 nitrogen and oxygen atoms in total. The first kappa shape index (κ1) is 20.6. The highest BCUT2D eigenvalue weighted by Crippen LogP contribution is 2.38. The number of alkyl halides is 6. The molecule has 0 unspecified atom stereocenters. The summed E-state index contributed by atoms with van der Waals surface area (Å²) in [5.74, 6) is 0. The van der Waals surface area contributed by atoms with Gasteiger partial charge in [-0.15, -0.1) is 0 Å². The Bertz CT molecular complexity index is 1000. The van der Waals surface area contributed by atoms with Crippen LogP contribution < -0.4 is 5.32 Å². The molecule has 1 N–H and O–H groups in total. The lowest BCUT2D eigenvalue weighted by atomic mass is 9.95. The van der Waals surface area contributed by atoms with E-state index < -0.39 is 34.6 Å². The third-order valence-electron chi connectivity index (χ3n) is 3.75. The van der Waals surface area contributed by atoms with Crippen LogP contribution in [0.1, 0.15) is 23.6 Å². The molecule has 1 aromatic carbocycles. The van der Waals surface area contributed by atoms with Crippen molar-refractivity contribution in [2.45, 2.75) is 19.3 Å². The van der Waals surface area contributed by atoms with Crippen molar-refractivity contribution in [1.82, 2.24) is 5.32 Å². The summed E-state index contributed by atoms with van der Waals surface area (Å²) in [5, 5.41) is 29.7. The Kier molecular flexibility index (Phi) is 5.24. The van der Waals surface area contributed by atoms with Crippen LogP contribution in [0.4, 0.5) is 26.3 Å². The second kappa shape index (κ2) is 7.13. The molecule has 0 radical (unpaired) electrons. The fourth-order valence-electron chi connectivity index (χ4n) is 2.45. The van der Waals surface area contributed by atoms with Crippen LogP contribution in [-0.4, -0.2) is 0 Å². The van der Waals surface area contributed by atoms with Gasteiger partial charge in [0.2, 0.25) is 0 Å². The average molecular weight is 394 g/mol. The maximum atomic E-state index is 13.1. The van der Waals surface area contributed by atoms with Crippen LogP contribution in [0.15, 0.2) is 46.7 Å². The monoisotopic (exact) mass is 394 g/mol. The van der Waals surface area contributed by atoms with E-state index in [1.54, 1.807) is 6.07 Å². The minimum Gasteiger partial charge on any atom is -0.352 e. The molecule has 0 aliphatic carbocycles. The van der Waals surface area contributed by atoms with E-state index in [0.29, 0.717) is 12.1 Å². The molecule has 1 aliphatic rings. The Labute approximate surface area is 154 Å². The molecule has 0 spiro atoms. The lowest BCUT2D eigenvalue weighted by Crippen LogP contribution is -2.21. The molecule has 1 heterocycles. The normalized spacial score (nSPS) is 14.4. The molecule has 0 bridgehead atoms. The van der Waals surface area contributed by atoms with E-state index in [-0.39, 0.29) is 28.6 Å². The lowest BCUT2D eigenvalue weighted by Gasteiger charge is -2.22. The first-order valence-corrected chi connectivity index (χ1v) is 7.36. The molecule has 0 saturated heterocycles. The Morgan fingerprint density at radius 1 is 0.893 bits per heavy atom. The summed E-state index contributed by atoms with van der Waals surface area (Å²) < 4.78 is 78.3. The Balaban J connectivity index is 2.77. The van der Waals surface area contributed by atoms with Gasteiger partial charge < -0.3 is 5.32 Å². The maximum absolute atomic E-state index is 13.1. The summed E-state index contributed by atoms with van der Waals surface area (Å²) in [7, 11) is 0. The summed E-state index contributed by atoms with van der Waals surface area (Å²) in [6.45, 7) is 1.38. The highest BCUT2D eigenvalue weighted by Gasteiger charge is 2.37. The number of rotatable bonds is 1. The van der Waals surface area contributed by atoms with Crippen LogP contribution >= 0.6 is 0 Å². The van der Waals surface area contributed by atoms with E-state index in [1.807, 2.05) is 0 Å². The van der Waals surface area contributed by atoms with Crippen LogP contribution in [0, 0.1) is 34.0 Å². The first-order chi connectivity index (χ1) is 12.9. The molecule has 0 saturated carbocycles. The SMILES string of the molecule is CC1=C(C#N)C(=C(C#N)C#N)NC(c2cc(C(F)(F)F)cc(C(F)(F)F)c2)=C1. The number of hydrogen-bond acceptors (Lipinski definition) is 4. The van der Waals surface area contributed by atoms with Gasteiger partial charge in [0.15, 0.2) is 5.57 Å². The van der Waals surface area contributed by atoms with Gasteiger partial charge in [-0.1, -0.05) is 0 Å². The number of dihydropyridines is 1. The Morgan fingerprint density at radius 2 is 1.39 bits per heavy atom. The smallest absolute Gasteiger partial charge is 0.352 e. The molecule has 28 heavy (non-hydrogen) atoms. The molecule has 0 amide bonds. The highest BCUT2D eigenvalue weighted by atomic mass is 19.4. The molecule has 10 heteroatoms. The molecule has 0 aromatic heterocycles. The summed E-state index contributed by atoms with van der Waals surface area (Å²) >= 11 is 0. The summed E-state index contributed by atoms with van der Waals surface area (Å²) in [5.41, 5.74) is -4.49. The quantitative estimate of drug-likeness (QED) is 0.547. The third kappa shape index (κ3) is 3.99. The number of hydrogen-bond donors (Lipinski definition) is 1. The largest absolute Gasteiger partial charge is 0.416 e. The van der Waals surface area contributed by atoms with Crippen molar-refractivity contribution in [1.29, 1.82) is 15.8 Å². The lowest BCUT2D eigenvalue weighted by molar-refractivity contribution is -0.143. The predicted octanol–water partition coefficient (Wildman–Crippen LogP) is 4.81. The fraction of sp³-hybridized carbons (Fsp3) is 0.167. The van der Waals surface area contributed by atoms with Crippen LogP contribution in [0.5, 0.6) is 0 Å². The van der Waals surface area contributed by atoms with E-state index in [4.69, 9.17) is 10.5 Å². The number of nitrogens with one attached hydrogen (secondary N) is 1. The zero-order chi connectivity index (χ0) is 21.3. The van der Waals surface area contributed by atoms with Crippen molar-refractivity contribution in [3.8, 4) is 18.2 Å². The number of halogens is 6. The zero-order valence-electron chi connectivity index (χ0n) is 13.9. The van der Waals surface area contributed by atoms with Gasteiger partial charge in [0.25, 0.3) is 0 Å². The second-order valence-corrected chi connectivity index (χ2v) is 5.62. The van der Waals surface area contributed by atoms with Gasteiger partial charge in [0.1, 0.15) is 18.2 Å². The van der Waals surface area contributed by atoms with Crippen LogP contribution in [0.2, 0.25) is 0 Å². The van der Waals surface area contributed by atoms with Crippen LogP contribution in [0.3, 0.4) is 0 Å². The minimum atomic E-state index is -5.03. The maximum Gasteiger partial charge on any atom is 0.416 e. The summed E-state index contributed by atoms with van der Waals surface area (Å²) in [6, 6.07) is 5.82. The zero-order valence-corrected chi connectivity index (χ0v) is 13.9. The van der Waals surface area contributed by atoms with Crippen molar-refractivity contribution in [3.63, 3.8) is 0 Å². The van der Waals surface area contributed by atoms with Crippen LogP contribution in [-0.2, 0) is 12.4 Å². The van der Waals surface area contributed by atoms with Crippen LogP contribution in [0.25, 0.3) is 5.70 Å². The summed E-state index contributed by atoms with van der Waals surface area (Å²) in [6.07, 6.45) is -8.89. The molecular formula is C18H8F6N4. The van der Waals surface area contributed by atoms with Gasteiger partial charge in [-0.25, -0.2) is 0 Å².